The third kappa shape index (κ3) is 2.77. The summed E-state index contributed by atoms with van der Waals surface area (Å²) in [6.45, 7) is 0. The minimum absolute atomic E-state index is 0.0242. The molecule has 5 rings (SSSR count). The van der Waals surface area contributed by atoms with Gasteiger partial charge in [-0.25, -0.2) is 9.37 Å². The Morgan fingerprint density at radius 3 is 2.52 bits per heavy atom. The first-order valence-corrected chi connectivity index (χ1v) is 9.32. The van der Waals surface area contributed by atoms with Gasteiger partial charge in [-0.2, -0.15) is 0 Å². The molecule has 0 spiro atoms. The van der Waals surface area contributed by atoms with Gasteiger partial charge < -0.3 is 9.88 Å². The van der Waals surface area contributed by atoms with Crippen molar-refractivity contribution in [1.82, 2.24) is 9.55 Å². The van der Waals surface area contributed by atoms with E-state index in [1.807, 2.05) is 48.5 Å². The van der Waals surface area contributed by atoms with Gasteiger partial charge in [0.05, 0.1) is 23.1 Å². The molecule has 0 radical (unpaired) electrons. The maximum absolute atomic E-state index is 13.4. The normalized spacial score (nSPS) is 18.9. The van der Waals surface area contributed by atoms with E-state index in [1.54, 1.807) is 0 Å². The van der Waals surface area contributed by atoms with Crippen molar-refractivity contribution >= 4 is 28.6 Å². The van der Waals surface area contributed by atoms with Crippen molar-refractivity contribution in [1.29, 1.82) is 0 Å². The van der Waals surface area contributed by atoms with Gasteiger partial charge >= 0.3 is 0 Å². The molecule has 2 atom stereocenters. The van der Waals surface area contributed by atoms with Gasteiger partial charge in [-0.3, -0.25) is 0 Å². The minimum Gasteiger partial charge on any atom is -0.349 e. The molecule has 1 aliphatic rings. The Hall–Kier alpha value is -2.85. The maximum atomic E-state index is 13.4. The lowest BCUT2D eigenvalue weighted by Gasteiger charge is -2.34. The summed E-state index contributed by atoms with van der Waals surface area (Å²) in [6.07, 6.45) is 0.794. The number of nitrogens with one attached hydrogen (secondary N) is 1. The second-order valence-electron chi connectivity index (χ2n) is 6.82. The number of halogens is 2. The van der Waals surface area contributed by atoms with E-state index < -0.39 is 0 Å². The molecule has 2 heterocycles. The van der Waals surface area contributed by atoms with Gasteiger partial charge in [0, 0.05) is 5.02 Å². The van der Waals surface area contributed by atoms with Crippen molar-refractivity contribution in [3.63, 3.8) is 0 Å². The summed E-state index contributed by atoms with van der Waals surface area (Å²) in [5.41, 5.74) is 4.11. The quantitative estimate of drug-likeness (QED) is 0.466. The zero-order valence-corrected chi connectivity index (χ0v) is 15.2. The lowest BCUT2D eigenvalue weighted by molar-refractivity contribution is 0.477. The molecule has 27 heavy (non-hydrogen) atoms. The van der Waals surface area contributed by atoms with Crippen molar-refractivity contribution in [3.05, 3.63) is 94.8 Å². The predicted molar refractivity (Wildman–Crippen MR) is 107 cm³/mol. The Morgan fingerprint density at radius 1 is 0.963 bits per heavy atom. The van der Waals surface area contributed by atoms with Gasteiger partial charge in [-0.1, -0.05) is 54.1 Å². The smallest absolute Gasteiger partial charge is 0.204 e. The van der Waals surface area contributed by atoms with Crippen LogP contribution in [0.5, 0.6) is 0 Å². The van der Waals surface area contributed by atoms with Crippen LogP contribution in [0.3, 0.4) is 0 Å². The molecule has 5 heteroatoms. The van der Waals surface area contributed by atoms with Crippen LogP contribution < -0.4 is 5.32 Å². The van der Waals surface area contributed by atoms with Crippen LogP contribution in [0.15, 0.2) is 72.8 Å². The molecule has 0 unspecified atom stereocenters. The third-order valence-corrected chi connectivity index (χ3v) is 5.55. The number of anilines is 1. The molecule has 134 valence electrons. The zero-order chi connectivity index (χ0) is 18.4. The third-order valence-electron chi connectivity index (χ3n) is 5.21. The van der Waals surface area contributed by atoms with E-state index in [0.717, 1.165) is 39.6 Å². The van der Waals surface area contributed by atoms with Crippen molar-refractivity contribution in [3.8, 4) is 0 Å². The molecular weight excluding hydrogens is 361 g/mol. The number of para-hydroxylation sites is 2. The van der Waals surface area contributed by atoms with E-state index in [-0.39, 0.29) is 17.9 Å². The van der Waals surface area contributed by atoms with Gasteiger partial charge in [0.2, 0.25) is 5.95 Å². The van der Waals surface area contributed by atoms with Crippen molar-refractivity contribution in [2.24, 2.45) is 0 Å². The average molecular weight is 378 g/mol. The maximum Gasteiger partial charge on any atom is 0.204 e. The molecule has 0 saturated heterocycles. The Bertz CT molecular complexity index is 1120. The Balaban J connectivity index is 1.68. The summed E-state index contributed by atoms with van der Waals surface area (Å²) in [7, 11) is 0. The topological polar surface area (TPSA) is 29.9 Å². The standard InChI is InChI=1S/C22H17ClFN3/c23-17-6-2-1-5-16(17)21-13-19(14-9-11-15(24)12-10-14)26-22-25-18-7-3-4-8-20(18)27(21)22/h1-12,19,21H,13H2,(H,25,26)/t19-,21-/m1/s1. The van der Waals surface area contributed by atoms with Crippen LogP contribution in [0.4, 0.5) is 10.3 Å². The fourth-order valence-corrected chi connectivity index (χ4v) is 4.19. The zero-order valence-electron chi connectivity index (χ0n) is 14.4. The summed E-state index contributed by atoms with van der Waals surface area (Å²) in [6, 6.07) is 22.8. The largest absolute Gasteiger partial charge is 0.349 e. The number of hydrogen-bond donors (Lipinski definition) is 1. The van der Waals surface area contributed by atoms with Crippen LogP contribution in [0.25, 0.3) is 11.0 Å². The highest BCUT2D eigenvalue weighted by molar-refractivity contribution is 6.31. The van der Waals surface area contributed by atoms with E-state index >= 15 is 0 Å². The molecule has 1 N–H and O–H groups in total. The second-order valence-corrected chi connectivity index (χ2v) is 7.22. The lowest BCUT2D eigenvalue weighted by atomic mass is 9.93. The number of fused-ring (bicyclic) bond motifs is 3. The Morgan fingerprint density at radius 2 is 1.70 bits per heavy atom. The molecule has 0 aliphatic carbocycles. The Kier molecular flexibility index (Phi) is 3.87. The molecule has 3 nitrogen and oxygen atoms in total. The van der Waals surface area contributed by atoms with Gasteiger partial charge in [0.15, 0.2) is 0 Å². The van der Waals surface area contributed by atoms with Gasteiger partial charge in [-0.05, 0) is 47.9 Å². The van der Waals surface area contributed by atoms with Crippen LogP contribution in [0.2, 0.25) is 5.02 Å². The molecule has 0 fully saturated rings. The molecule has 0 saturated carbocycles. The summed E-state index contributed by atoms with van der Waals surface area (Å²) < 4.78 is 15.6. The summed E-state index contributed by atoms with van der Waals surface area (Å²) in [5.74, 6) is 0.575. The van der Waals surface area contributed by atoms with Crippen LogP contribution >= 0.6 is 11.6 Å². The van der Waals surface area contributed by atoms with Gasteiger partial charge in [0.25, 0.3) is 0 Å². The number of hydrogen-bond acceptors (Lipinski definition) is 2. The van der Waals surface area contributed by atoms with Crippen molar-refractivity contribution < 1.29 is 4.39 Å². The van der Waals surface area contributed by atoms with Crippen molar-refractivity contribution in [2.75, 3.05) is 5.32 Å². The molecule has 1 aromatic heterocycles. The van der Waals surface area contributed by atoms with Crippen LogP contribution in [0.1, 0.15) is 29.6 Å². The first-order valence-electron chi connectivity index (χ1n) is 8.94. The summed E-state index contributed by atoms with van der Waals surface area (Å²) in [5, 5.41) is 4.27. The minimum atomic E-state index is -0.232. The van der Waals surface area contributed by atoms with E-state index in [1.165, 1.54) is 12.1 Å². The lowest BCUT2D eigenvalue weighted by Crippen LogP contribution is -2.27. The van der Waals surface area contributed by atoms with Crippen LogP contribution in [0, 0.1) is 5.82 Å². The molecule has 3 aromatic carbocycles. The number of benzene rings is 3. The highest BCUT2D eigenvalue weighted by Crippen LogP contribution is 2.42. The average Bonchev–Trinajstić information content (AvgIpc) is 3.07. The van der Waals surface area contributed by atoms with Crippen LogP contribution in [-0.4, -0.2) is 9.55 Å². The highest BCUT2D eigenvalue weighted by Gasteiger charge is 2.31. The molecule has 1 aliphatic heterocycles. The van der Waals surface area contributed by atoms with Crippen LogP contribution in [-0.2, 0) is 0 Å². The summed E-state index contributed by atoms with van der Waals surface area (Å²) >= 11 is 6.55. The number of imidazole rings is 1. The number of aromatic nitrogens is 2. The van der Waals surface area contributed by atoms with E-state index in [4.69, 9.17) is 16.6 Å². The molecule has 4 aromatic rings. The van der Waals surface area contributed by atoms with E-state index in [9.17, 15) is 4.39 Å². The SMILES string of the molecule is Fc1ccc([C@H]2C[C@H](c3ccccc3Cl)n3c(nc4ccccc43)N2)cc1. The van der Waals surface area contributed by atoms with E-state index in [0.29, 0.717) is 0 Å². The molecular formula is C22H17ClFN3. The fraction of sp³-hybridized carbons (Fsp3) is 0.136. The van der Waals surface area contributed by atoms with Crippen molar-refractivity contribution in [2.45, 2.75) is 18.5 Å². The van der Waals surface area contributed by atoms with E-state index in [2.05, 4.69) is 22.0 Å². The fourth-order valence-electron chi connectivity index (χ4n) is 3.93. The highest BCUT2D eigenvalue weighted by atomic mass is 35.5. The Labute approximate surface area is 161 Å². The van der Waals surface area contributed by atoms with Gasteiger partial charge in [-0.15, -0.1) is 0 Å². The number of nitrogens with zero attached hydrogens (tertiary/aromatic N) is 2. The first kappa shape index (κ1) is 16.3. The first-order chi connectivity index (χ1) is 13.2. The summed E-state index contributed by atoms with van der Waals surface area (Å²) in [4.78, 5) is 4.79. The second kappa shape index (κ2) is 6.39. The number of rotatable bonds is 2. The monoisotopic (exact) mass is 377 g/mol. The molecule has 0 amide bonds. The predicted octanol–water partition coefficient (Wildman–Crippen LogP) is 5.98. The van der Waals surface area contributed by atoms with Gasteiger partial charge in [0.1, 0.15) is 5.82 Å². The molecule has 0 bridgehead atoms.